The number of nitrogens with one attached hydrogen (secondary N) is 2. The lowest BCUT2D eigenvalue weighted by Crippen LogP contribution is -2.52. The van der Waals surface area contributed by atoms with Crippen LogP contribution in [-0.4, -0.2) is 25.0 Å². The molecule has 2 rings (SSSR count). The maximum absolute atomic E-state index is 12.6. The second-order valence-corrected chi connectivity index (χ2v) is 6.54. The van der Waals surface area contributed by atoms with Crippen LogP contribution < -0.4 is 10.6 Å². The molecule has 1 aromatic rings. The van der Waals surface area contributed by atoms with Gasteiger partial charge < -0.3 is 10.6 Å². The largest absolute Gasteiger partial charge is 0.352 e. The van der Waals surface area contributed by atoms with Crippen molar-refractivity contribution in [3.63, 3.8) is 0 Å². The van der Waals surface area contributed by atoms with E-state index in [2.05, 4.69) is 48.7 Å². The van der Waals surface area contributed by atoms with Crippen LogP contribution in [0.25, 0.3) is 0 Å². The van der Waals surface area contributed by atoms with Gasteiger partial charge in [-0.2, -0.15) is 0 Å². The molecule has 2 atom stereocenters. The molecule has 1 aromatic carbocycles. The van der Waals surface area contributed by atoms with E-state index in [0.717, 1.165) is 25.1 Å². The zero-order valence-corrected chi connectivity index (χ0v) is 14.2. The standard InChI is InChI=1S/C17H26N2O.ClH/c1-12-5-7-14(8-6-12)17(3,4)16(20)19-15-9-10-18-11-13(15)2;/h5-8,13,15,18H,9-11H2,1-4H3,(H,19,20);1H. The number of piperidine rings is 1. The van der Waals surface area contributed by atoms with Crippen molar-refractivity contribution in [2.45, 2.75) is 45.6 Å². The fourth-order valence-electron chi connectivity index (χ4n) is 2.68. The Morgan fingerprint density at radius 2 is 1.90 bits per heavy atom. The van der Waals surface area contributed by atoms with E-state index in [1.807, 2.05) is 13.8 Å². The lowest BCUT2D eigenvalue weighted by atomic mass is 9.82. The Morgan fingerprint density at radius 3 is 2.48 bits per heavy atom. The van der Waals surface area contributed by atoms with Gasteiger partial charge in [-0.1, -0.05) is 36.8 Å². The Labute approximate surface area is 134 Å². The number of amides is 1. The molecule has 4 heteroatoms. The molecule has 0 bridgehead atoms. The maximum atomic E-state index is 12.6. The van der Waals surface area contributed by atoms with Gasteiger partial charge in [0.15, 0.2) is 0 Å². The molecule has 1 aliphatic heterocycles. The van der Waals surface area contributed by atoms with Crippen LogP contribution in [0.5, 0.6) is 0 Å². The SMILES string of the molecule is Cc1ccc(C(C)(C)C(=O)NC2CCNCC2C)cc1.Cl. The molecular weight excluding hydrogens is 284 g/mol. The summed E-state index contributed by atoms with van der Waals surface area (Å²) in [6, 6.07) is 8.53. The van der Waals surface area contributed by atoms with Crippen LogP contribution in [0.3, 0.4) is 0 Å². The number of hydrogen-bond donors (Lipinski definition) is 2. The van der Waals surface area contributed by atoms with Gasteiger partial charge in [-0.05, 0) is 51.8 Å². The molecule has 1 aliphatic rings. The number of carbonyl (C=O) groups excluding carboxylic acids is 1. The Hall–Kier alpha value is -1.06. The van der Waals surface area contributed by atoms with Crippen molar-refractivity contribution < 1.29 is 4.79 Å². The summed E-state index contributed by atoms with van der Waals surface area (Å²) in [5, 5.41) is 6.61. The summed E-state index contributed by atoms with van der Waals surface area (Å²) in [4.78, 5) is 12.6. The van der Waals surface area contributed by atoms with Gasteiger partial charge >= 0.3 is 0 Å². The summed E-state index contributed by atoms with van der Waals surface area (Å²) in [5.74, 6) is 0.613. The van der Waals surface area contributed by atoms with Gasteiger partial charge in [0, 0.05) is 6.04 Å². The van der Waals surface area contributed by atoms with Crippen molar-refractivity contribution in [2.75, 3.05) is 13.1 Å². The summed E-state index contributed by atoms with van der Waals surface area (Å²) in [6.45, 7) is 10.2. The third-order valence-corrected chi connectivity index (χ3v) is 4.44. The number of hydrogen-bond acceptors (Lipinski definition) is 2. The first-order valence-electron chi connectivity index (χ1n) is 7.50. The normalized spacial score (nSPS) is 22.3. The summed E-state index contributed by atoms with van der Waals surface area (Å²) >= 11 is 0. The van der Waals surface area contributed by atoms with Gasteiger partial charge in [-0.25, -0.2) is 0 Å². The molecule has 118 valence electrons. The molecule has 0 saturated carbocycles. The van der Waals surface area contributed by atoms with E-state index < -0.39 is 5.41 Å². The van der Waals surface area contributed by atoms with Gasteiger partial charge in [0.05, 0.1) is 5.41 Å². The van der Waals surface area contributed by atoms with Crippen molar-refractivity contribution in [1.29, 1.82) is 0 Å². The molecule has 0 aliphatic carbocycles. The van der Waals surface area contributed by atoms with Gasteiger partial charge in [-0.3, -0.25) is 4.79 Å². The molecule has 1 amide bonds. The Bertz CT molecular complexity index is 470. The van der Waals surface area contributed by atoms with Crippen LogP contribution in [0, 0.1) is 12.8 Å². The Morgan fingerprint density at radius 1 is 1.29 bits per heavy atom. The molecule has 0 spiro atoms. The molecule has 2 N–H and O–H groups in total. The van der Waals surface area contributed by atoms with Crippen LogP contribution >= 0.6 is 12.4 Å². The average Bonchev–Trinajstić information content (AvgIpc) is 2.41. The van der Waals surface area contributed by atoms with E-state index in [-0.39, 0.29) is 24.4 Å². The van der Waals surface area contributed by atoms with Crippen molar-refractivity contribution >= 4 is 18.3 Å². The minimum atomic E-state index is -0.488. The molecule has 21 heavy (non-hydrogen) atoms. The molecule has 3 nitrogen and oxygen atoms in total. The van der Waals surface area contributed by atoms with E-state index in [1.165, 1.54) is 5.56 Å². The van der Waals surface area contributed by atoms with Crippen LogP contribution in [0.1, 0.15) is 38.3 Å². The minimum absolute atomic E-state index is 0. The van der Waals surface area contributed by atoms with E-state index in [1.54, 1.807) is 0 Å². The van der Waals surface area contributed by atoms with Crippen molar-refractivity contribution in [3.05, 3.63) is 35.4 Å². The number of benzene rings is 1. The third kappa shape index (κ3) is 4.21. The van der Waals surface area contributed by atoms with Gasteiger partial charge in [0.2, 0.25) is 5.91 Å². The molecule has 0 radical (unpaired) electrons. The smallest absolute Gasteiger partial charge is 0.230 e. The fourth-order valence-corrected chi connectivity index (χ4v) is 2.68. The predicted molar refractivity (Wildman–Crippen MR) is 90.0 cm³/mol. The van der Waals surface area contributed by atoms with Crippen LogP contribution in [0.4, 0.5) is 0 Å². The highest BCUT2D eigenvalue weighted by Gasteiger charge is 2.32. The highest BCUT2D eigenvalue weighted by Crippen LogP contribution is 2.24. The minimum Gasteiger partial charge on any atom is -0.352 e. The third-order valence-electron chi connectivity index (χ3n) is 4.44. The Kier molecular flexibility index (Phi) is 6.24. The van der Waals surface area contributed by atoms with Crippen LogP contribution in [0.2, 0.25) is 0 Å². The highest BCUT2D eigenvalue weighted by molar-refractivity contribution is 5.87. The second-order valence-electron chi connectivity index (χ2n) is 6.54. The molecular formula is C17H27ClN2O. The maximum Gasteiger partial charge on any atom is 0.230 e. The highest BCUT2D eigenvalue weighted by atomic mass is 35.5. The summed E-state index contributed by atoms with van der Waals surface area (Å²) in [6.07, 6.45) is 1.01. The quantitative estimate of drug-likeness (QED) is 0.901. The second kappa shape index (κ2) is 7.28. The zero-order chi connectivity index (χ0) is 14.8. The van der Waals surface area contributed by atoms with E-state index >= 15 is 0 Å². The van der Waals surface area contributed by atoms with Gasteiger partial charge in [0.25, 0.3) is 0 Å². The number of carbonyl (C=O) groups is 1. The van der Waals surface area contributed by atoms with Gasteiger partial charge in [0.1, 0.15) is 0 Å². The van der Waals surface area contributed by atoms with Crippen LogP contribution in [0.15, 0.2) is 24.3 Å². The molecule has 0 aromatic heterocycles. The number of rotatable bonds is 3. The van der Waals surface area contributed by atoms with Crippen LogP contribution in [-0.2, 0) is 10.2 Å². The predicted octanol–water partition coefficient (Wildman–Crippen LogP) is 2.81. The first-order chi connectivity index (χ1) is 9.41. The Balaban J connectivity index is 0.00000220. The zero-order valence-electron chi connectivity index (χ0n) is 13.4. The van der Waals surface area contributed by atoms with Crippen molar-refractivity contribution in [1.82, 2.24) is 10.6 Å². The molecule has 1 fully saturated rings. The summed E-state index contributed by atoms with van der Waals surface area (Å²) in [7, 11) is 0. The van der Waals surface area contributed by atoms with E-state index in [9.17, 15) is 4.79 Å². The van der Waals surface area contributed by atoms with Crippen molar-refractivity contribution in [3.8, 4) is 0 Å². The first-order valence-corrected chi connectivity index (χ1v) is 7.50. The molecule has 2 unspecified atom stereocenters. The lowest BCUT2D eigenvalue weighted by Gasteiger charge is -2.33. The van der Waals surface area contributed by atoms with E-state index in [0.29, 0.717) is 5.92 Å². The first kappa shape index (κ1) is 18.0. The topological polar surface area (TPSA) is 41.1 Å². The number of halogens is 1. The molecule has 1 saturated heterocycles. The number of aryl methyl sites for hydroxylation is 1. The van der Waals surface area contributed by atoms with E-state index in [4.69, 9.17) is 0 Å². The monoisotopic (exact) mass is 310 g/mol. The summed E-state index contributed by atoms with van der Waals surface area (Å²) < 4.78 is 0. The fraction of sp³-hybridized carbons (Fsp3) is 0.588. The van der Waals surface area contributed by atoms with Crippen molar-refractivity contribution in [2.24, 2.45) is 5.92 Å². The average molecular weight is 311 g/mol. The van der Waals surface area contributed by atoms with Gasteiger partial charge in [-0.15, -0.1) is 12.4 Å². The lowest BCUT2D eigenvalue weighted by molar-refractivity contribution is -0.126. The summed E-state index contributed by atoms with van der Waals surface area (Å²) in [5.41, 5.74) is 1.80. The molecule has 1 heterocycles.